The standard InChI is InChI=1S/C22H28N2O3S/c25-22(23-16-9-12-19-10-3-1-4-11-19)18-20-13-7-8-17-24(20)28(26,27)21-14-5-2-6-15-21/h1-6,10-11,14-15,20H,7-9,12-13,16-18H2,(H,23,25). The van der Waals surface area contributed by atoms with Crippen LogP contribution in [0.3, 0.4) is 0 Å². The topological polar surface area (TPSA) is 66.5 Å². The van der Waals surface area contributed by atoms with E-state index in [1.54, 1.807) is 30.3 Å². The molecule has 1 unspecified atom stereocenters. The zero-order valence-corrected chi connectivity index (χ0v) is 16.9. The highest BCUT2D eigenvalue weighted by Crippen LogP contribution is 2.27. The first-order chi connectivity index (χ1) is 13.6. The number of amides is 1. The molecule has 1 saturated heterocycles. The average molecular weight is 401 g/mol. The highest BCUT2D eigenvalue weighted by atomic mass is 32.2. The fourth-order valence-electron chi connectivity index (χ4n) is 3.67. The Labute approximate surface area is 167 Å². The van der Waals surface area contributed by atoms with E-state index in [2.05, 4.69) is 17.4 Å². The molecule has 3 rings (SSSR count). The summed E-state index contributed by atoms with van der Waals surface area (Å²) in [5, 5.41) is 2.95. The minimum absolute atomic E-state index is 0.0757. The molecule has 0 radical (unpaired) electrons. The molecule has 0 aromatic heterocycles. The second kappa shape index (κ2) is 9.85. The van der Waals surface area contributed by atoms with E-state index in [0.717, 1.165) is 32.1 Å². The van der Waals surface area contributed by atoms with E-state index in [1.807, 2.05) is 18.2 Å². The third-order valence-electron chi connectivity index (χ3n) is 5.15. The Hall–Kier alpha value is -2.18. The highest BCUT2D eigenvalue weighted by Gasteiger charge is 2.34. The van der Waals surface area contributed by atoms with E-state index in [9.17, 15) is 13.2 Å². The van der Waals surface area contributed by atoms with E-state index in [1.165, 1.54) is 9.87 Å². The predicted octanol–water partition coefficient (Wildman–Crippen LogP) is 3.37. The van der Waals surface area contributed by atoms with Gasteiger partial charge in [-0.25, -0.2) is 8.42 Å². The van der Waals surface area contributed by atoms with Crippen LogP contribution >= 0.6 is 0 Å². The van der Waals surface area contributed by atoms with Gasteiger partial charge in [-0.1, -0.05) is 55.0 Å². The summed E-state index contributed by atoms with van der Waals surface area (Å²) >= 11 is 0. The third kappa shape index (κ3) is 5.42. The molecule has 0 spiro atoms. The Morgan fingerprint density at radius 1 is 1.00 bits per heavy atom. The number of rotatable bonds is 8. The number of carbonyl (C=O) groups excluding carboxylic acids is 1. The molecule has 1 aliphatic heterocycles. The Morgan fingerprint density at radius 3 is 2.39 bits per heavy atom. The maximum absolute atomic E-state index is 13.0. The molecule has 2 aromatic rings. The first kappa shape index (κ1) is 20.6. The molecule has 0 bridgehead atoms. The van der Waals surface area contributed by atoms with Crippen molar-refractivity contribution in [3.8, 4) is 0 Å². The van der Waals surface area contributed by atoms with Gasteiger partial charge in [0.2, 0.25) is 15.9 Å². The number of benzene rings is 2. The van der Waals surface area contributed by atoms with Crippen LogP contribution in [0.15, 0.2) is 65.6 Å². The van der Waals surface area contributed by atoms with Crippen LogP contribution in [0.25, 0.3) is 0 Å². The van der Waals surface area contributed by atoms with Crippen LogP contribution in [-0.2, 0) is 21.2 Å². The lowest BCUT2D eigenvalue weighted by Gasteiger charge is -2.34. The summed E-state index contributed by atoms with van der Waals surface area (Å²) in [6.07, 6.45) is 4.51. The molecule has 1 fully saturated rings. The molecule has 0 saturated carbocycles. The molecular formula is C22H28N2O3S. The van der Waals surface area contributed by atoms with Gasteiger partial charge in [0.1, 0.15) is 0 Å². The van der Waals surface area contributed by atoms with Crippen molar-refractivity contribution in [1.82, 2.24) is 9.62 Å². The maximum atomic E-state index is 13.0. The molecule has 1 aliphatic rings. The van der Waals surface area contributed by atoms with E-state index in [4.69, 9.17) is 0 Å². The van der Waals surface area contributed by atoms with Crippen molar-refractivity contribution in [2.75, 3.05) is 13.1 Å². The zero-order chi connectivity index (χ0) is 19.8. The molecule has 5 nitrogen and oxygen atoms in total. The van der Waals surface area contributed by atoms with Crippen LogP contribution in [0, 0.1) is 0 Å². The lowest BCUT2D eigenvalue weighted by molar-refractivity contribution is -0.122. The van der Waals surface area contributed by atoms with Gasteiger partial charge in [-0.2, -0.15) is 4.31 Å². The van der Waals surface area contributed by atoms with Crippen molar-refractivity contribution in [1.29, 1.82) is 0 Å². The van der Waals surface area contributed by atoms with Crippen molar-refractivity contribution in [3.05, 3.63) is 66.2 Å². The largest absolute Gasteiger partial charge is 0.356 e. The summed E-state index contributed by atoms with van der Waals surface area (Å²) in [7, 11) is -3.56. The summed E-state index contributed by atoms with van der Waals surface area (Å²) < 4.78 is 27.5. The van der Waals surface area contributed by atoms with Crippen LogP contribution in [0.4, 0.5) is 0 Å². The molecule has 2 aromatic carbocycles. The smallest absolute Gasteiger partial charge is 0.243 e. The fourth-order valence-corrected chi connectivity index (χ4v) is 5.39. The minimum Gasteiger partial charge on any atom is -0.356 e. The highest BCUT2D eigenvalue weighted by molar-refractivity contribution is 7.89. The van der Waals surface area contributed by atoms with Crippen LogP contribution in [0.2, 0.25) is 0 Å². The van der Waals surface area contributed by atoms with Gasteiger partial charge in [0, 0.05) is 25.6 Å². The van der Waals surface area contributed by atoms with Crippen molar-refractivity contribution >= 4 is 15.9 Å². The van der Waals surface area contributed by atoms with Crippen molar-refractivity contribution in [2.24, 2.45) is 0 Å². The number of hydrogen-bond acceptors (Lipinski definition) is 3. The Morgan fingerprint density at radius 2 is 1.68 bits per heavy atom. The predicted molar refractivity (Wildman–Crippen MR) is 110 cm³/mol. The lowest BCUT2D eigenvalue weighted by atomic mass is 10.0. The number of piperidine rings is 1. The summed E-state index contributed by atoms with van der Waals surface area (Å²) in [5.41, 5.74) is 1.25. The number of aryl methyl sites for hydroxylation is 1. The molecule has 150 valence electrons. The monoisotopic (exact) mass is 400 g/mol. The quantitative estimate of drug-likeness (QED) is 0.691. The summed E-state index contributed by atoms with van der Waals surface area (Å²) in [5.74, 6) is -0.0757. The first-order valence-electron chi connectivity index (χ1n) is 9.95. The van der Waals surface area contributed by atoms with Crippen molar-refractivity contribution < 1.29 is 13.2 Å². The summed E-state index contributed by atoms with van der Waals surface area (Å²) in [6.45, 7) is 1.08. The van der Waals surface area contributed by atoms with Gasteiger partial charge < -0.3 is 5.32 Å². The average Bonchev–Trinajstić information content (AvgIpc) is 2.73. The van der Waals surface area contributed by atoms with Gasteiger partial charge in [-0.15, -0.1) is 0 Å². The van der Waals surface area contributed by atoms with Gasteiger partial charge in [0.25, 0.3) is 0 Å². The Balaban J connectivity index is 1.53. The van der Waals surface area contributed by atoms with Gasteiger partial charge >= 0.3 is 0 Å². The fraction of sp³-hybridized carbons (Fsp3) is 0.409. The Bertz CT molecular complexity index is 854. The Kier molecular flexibility index (Phi) is 7.23. The second-order valence-corrected chi connectivity index (χ2v) is 9.11. The number of nitrogens with zero attached hydrogens (tertiary/aromatic N) is 1. The molecule has 6 heteroatoms. The second-order valence-electron chi connectivity index (χ2n) is 7.22. The van der Waals surface area contributed by atoms with Crippen LogP contribution in [0.5, 0.6) is 0 Å². The van der Waals surface area contributed by atoms with E-state index >= 15 is 0 Å². The number of hydrogen-bond donors (Lipinski definition) is 1. The first-order valence-corrected chi connectivity index (χ1v) is 11.4. The van der Waals surface area contributed by atoms with Crippen LogP contribution in [-0.4, -0.2) is 37.8 Å². The van der Waals surface area contributed by atoms with Crippen molar-refractivity contribution in [3.63, 3.8) is 0 Å². The number of sulfonamides is 1. The molecule has 1 amide bonds. The molecule has 28 heavy (non-hydrogen) atoms. The molecule has 1 N–H and O–H groups in total. The summed E-state index contributed by atoms with van der Waals surface area (Å²) in [6, 6.07) is 18.4. The van der Waals surface area contributed by atoms with Crippen LogP contribution in [0.1, 0.15) is 37.7 Å². The molecular weight excluding hydrogens is 372 g/mol. The van der Waals surface area contributed by atoms with Crippen molar-refractivity contribution in [2.45, 2.75) is 49.5 Å². The number of nitrogens with one attached hydrogen (secondary N) is 1. The van der Waals surface area contributed by atoms with Crippen LogP contribution < -0.4 is 5.32 Å². The number of carbonyl (C=O) groups is 1. The SMILES string of the molecule is O=C(CC1CCCCN1S(=O)(=O)c1ccccc1)NCCCc1ccccc1. The molecule has 1 atom stereocenters. The zero-order valence-electron chi connectivity index (χ0n) is 16.1. The van der Waals surface area contributed by atoms with E-state index in [-0.39, 0.29) is 18.4 Å². The molecule has 1 heterocycles. The van der Waals surface area contributed by atoms with E-state index in [0.29, 0.717) is 18.0 Å². The van der Waals surface area contributed by atoms with Gasteiger partial charge in [-0.3, -0.25) is 4.79 Å². The lowest BCUT2D eigenvalue weighted by Crippen LogP contribution is -2.46. The normalized spacial score (nSPS) is 17.9. The van der Waals surface area contributed by atoms with Gasteiger partial charge in [-0.05, 0) is 43.4 Å². The minimum atomic E-state index is -3.56. The molecule has 0 aliphatic carbocycles. The van der Waals surface area contributed by atoms with Gasteiger partial charge in [0.15, 0.2) is 0 Å². The summed E-state index contributed by atoms with van der Waals surface area (Å²) in [4.78, 5) is 12.7. The maximum Gasteiger partial charge on any atom is 0.243 e. The third-order valence-corrected chi connectivity index (χ3v) is 7.12. The van der Waals surface area contributed by atoms with E-state index < -0.39 is 10.0 Å². The van der Waals surface area contributed by atoms with Gasteiger partial charge in [0.05, 0.1) is 4.90 Å².